The van der Waals surface area contributed by atoms with Gasteiger partial charge in [-0.25, -0.2) is 0 Å². The molecule has 0 saturated heterocycles. The first-order valence-corrected chi connectivity index (χ1v) is 6.97. The Labute approximate surface area is 133 Å². The van der Waals surface area contributed by atoms with Crippen LogP contribution in [0.2, 0.25) is 5.02 Å². The van der Waals surface area contributed by atoms with Crippen LogP contribution in [0.1, 0.15) is 5.56 Å². The average molecular weight is 322 g/mol. The lowest BCUT2D eigenvalue weighted by Gasteiger charge is -2.10. The minimum atomic E-state index is 0.347. The Kier molecular flexibility index (Phi) is 5.91. The van der Waals surface area contributed by atoms with Gasteiger partial charge in [0.25, 0.3) is 0 Å². The van der Waals surface area contributed by atoms with Gasteiger partial charge in [0.2, 0.25) is 0 Å². The minimum Gasteiger partial charge on any atom is -0.497 e. The highest BCUT2D eigenvalue weighted by molar-refractivity contribution is 6.30. The molecule has 0 amide bonds. The topological polar surface area (TPSA) is 60.3 Å². The lowest BCUT2D eigenvalue weighted by molar-refractivity contribution is 0.217. The molecule has 0 bridgehead atoms. The van der Waals surface area contributed by atoms with E-state index in [0.29, 0.717) is 29.5 Å². The molecule has 22 heavy (non-hydrogen) atoms. The predicted molar refractivity (Wildman–Crippen MR) is 84.8 cm³/mol. The zero-order chi connectivity index (χ0) is 15.8. The van der Waals surface area contributed by atoms with Gasteiger partial charge in [0.05, 0.1) is 13.3 Å². The normalized spacial score (nSPS) is 10.6. The van der Waals surface area contributed by atoms with Gasteiger partial charge in [0, 0.05) is 10.6 Å². The largest absolute Gasteiger partial charge is 0.497 e. The lowest BCUT2D eigenvalue weighted by Crippen LogP contribution is -2.10. The highest BCUT2D eigenvalue weighted by atomic mass is 35.5. The van der Waals surface area contributed by atoms with Crippen LogP contribution in [0.15, 0.2) is 47.6 Å². The van der Waals surface area contributed by atoms with Crippen molar-refractivity contribution in [2.75, 3.05) is 20.3 Å². The average Bonchev–Trinajstić information content (AvgIpc) is 2.54. The van der Waals surface area contributed by atoms with Gasteiger partial charge in [-0.15, -0.1) is 0 Å². The van der Waals surface area contributed by atoms with E-state index >= 15 is 0 Å². The maximum absolute atomic E-state index is 8.63. The predicted octanol–water partition coefficient (Wildman–Crippen LogP) is 3.61. The molecule has 0 spiro atoms. The molecule has 0 saturated carbocycles. The monoisotopic (exact) mass is 321 g/mol. The molecule has 2 aromatic carbocycles. The molecule has 1 N–H and O–H groups in total. The molecule has 0 unspecified atom stereocenters. The third kappa shape index (κ3) is 4.56. The molecule has 5 nitrogen and oxygen atoms in total. The van der Waals surface area contributed by atoms with Gasteiger partial charge in [-0.3, -0.25) is 0 Å². The summed E-state index contributed by atoms with van der Waals surface area (Å²) in [5.74, 6) is 2.08. The fourth-order valence-electron chi connectivity index (χ4n) is 1.80. The molecule has 0 radical (unpaired) electrons. The van der Waals surface area contributed by atoms with Gasteiger partial charge in [0.1, 0.15) is 30.5 Å². The van der Waals surface area contributed by atoms with E-state index in [1.165, 1.54) is 6.21 Å². The summed E-state index contributed by atoms with van der Waals surface area (Å²) in [7, 11) is 1.61. The molecule has 0 heterocycles. The summed E-state index contributed by atoms with van der Waals surface area (Å²) in [6.45, 7) is 0.727. The number of benzene rings is 2. The fraction of sp³-hybridized carbons (Fsp3) is 0.188. The van der Waals surface area contributed by atoms with Crippen LogP contribution in [0.25, 0.3) is 0 Å². The summed E-state index contributed by atoms with van der Waals surface area (Å²) in [4.78, 5) is 0. The second kappa shape index (κ2) is 8.14. The highest BCUT2D eigenvalue weighted by Gasteiger charge is 2.03. The van der Waals surface area contributed by atoms with Gasteiger partial charge in [-0.05, 0) is 42.5 Å². The van der Waals surface area contributed by atoms with Crippen LogP contribution in [0.3, 0.4) is 0 Å². The van der Waals surface area contributed by atoms with E-state index in [1.807, 2.05) is 24.3 Å². The first-order chi connectivity index (χ1) is 10.7. The maximum atomic E-state index is 8.63. The second-order valence-electron chi connectivity index (χ2n) is 4.30. The molecule has 2 rings (SSSR count). The van der Waals surface area contributed by atoms with E-state index in [9.17, 15) is 0 Å². The smallest absolute Gasteiger partial charge is 0.128 e. The number of ether oxygens (including phenoxy) is 3. The number of hydrogen-bond acceptors (Lipinski definition) is 5. The number of oxime groups is 1. The zero-order valence-electron chi connectivity index (χ0n) is 12.0. The van der Waals surface area contributed by atoms with Gasteiger partial charge in [0.15, 0.2) is 0 Å². The zero-order valence-corrected chi connectivity index (χ0v) is 12.8. The molecule has 0 atom stereocenters. The molecule has 2 aromatic rings. The summed E-state index contributed by atoms with van der Waals surface area (Å²) >= 11 is 5.88. The van der Waals surface area contributed by atoms with Gasteiger partial charge in [-0.1, -0.05) is 16.8 Å². The molecule has 0 aliphatic rings. The Hall–Kier alpha value is -2.40. The number of nitrogens with zero attached hydrogens (tertiary/aromatic N) is 1. The van der Waals surface area contributed by atoms with E-state index in [0.717, 1.165) is 11.5 Å². The van der Waals surface area contributed by atoms with Crippen molar-refractivity contribution in [2.45, 2.75) is 0 Å². The Balaban J connectivity index is 1.85. The molecular weight excluding hydrogens is 306 g/mol. The van der Waals surface area contributed by atoms with Crippen molar-refractivity contribution in [1.29, 1.82) is 0 Å². The minimum absolute atomic E-state index is 0.347. The van der Waals surface area contributed by atoms with Crippen LogP contribution in [-0.2, 0) is 0 Å². The van der Waals surface area contributed by atoms with E-state index in [-0.39, 0.29) is 0 Å². The fourth-order valence-corrected chi connectivity index (χ4v) is 1.98. The Morgan fingerprint density at radius 1 is 1.05 bits per heavy atom. The summed E-state index contributed by atoms with van der Waals surface area (Å²) in [6, 6.07) is 12.4. The third-order valence-electron chi connectivity index (χ3n) is 2.84. The van der Waals surface area contributed by atoms with Crippen molar-refractivity contribution in [3.8, 4) is 17.2 Å². The SMILES string of the molecule is COc1ccc(OCCOc2ccc(Cl)cc2C=NO)cc1. The quantitative estimate of drug-likeness (QED) is 0.366. The number of halogens is 1. The summed E-state index contributed by atoms with van der Waals surface area (Å²) in [6.07, 6.45) is 1.27. The molecule has 116 valence electrons. The Morgan fingerprint density at radius 3 is 2.41 bits per heavy atom. The van der Waals surface area contributed by atoms with Crippen molar-refractivity contribution in [2.24, 2.45) is 5.16 Å². The summed E-state index contributed by atoms with van der Waals surface area (Å²) in [5.41, 5.74) is 0.597. The standard InChI is InChI=1S/C16H16ClNO4/c1-20-14-3-5-15(6-4-14)21-8-9-22-16-7-2-13(17)10-12(16)11-18-19/h2-7,10-11,19H,8-9H2,1H3. The Bertz CT molecular complexity index is 629. The third-order valence-corrected chi connectivity index (χ3v) is 3.07. The van der Waals surface area contributed by atoms with Crippen molar-refractivity contribution >= 4 is 17.8 Å². The van der Waals surface area contributed by atoms with Crippen molar-refractivity contribution in [1.82, 2.24) is 0 Å². The van der Waals surface area contributed by atoms with Gasteiger partial charge >= 0.3 is 0 Å². The van der Waals surface area contributed by atoms with Crippen LogP contribution in [0.4, 0.5) is 0 Å². The highest BCUT2D eigenvalue weighted by Crippen LogP contribution is 2.21. The maximum Gasteiger partial charge on any atom is 0.128 e. The van der Waals surface area contributed by atoms with Crippen LogP contribution >= 0.6 is 11.6 Å². The molecule has 0 aliphatic heterocycles. The Morgan fingerprint density at radius 2 is 1.73 bits per heavy atom. The lowest BCUT2D eigenvalue weighted by atomic mass is 10.2. The van der Waals surface area contributed by atoms with Gasteiger partial charge < -0.3 is 19.4 Å². The van der Waals surface area contributed by atoms with Crippen LogP contribution in [-0.4, -0.2) is 31.7 Å². The first-order valence-electron chi connectivity index (χ1n) is 6.59. The summed E-state index contributed by atoms with van der Waals surface area (Å²) in [5, 5.41) is 12.2. The van der Waals surface area contributed by atoms with Crippen molar-refractivity contribution in [3.05, 3.63) is 53.1 Å². The molecular formula is C16H16ClNO4. The molecule has 0 aliphatic carbocycles. The molecule has 6 heteroatoms. The number of methoxy groups -OCH3 is 1. The van der Waals surface area contributed by atoms with Crippen LogP contribution in [0, 0.1) is 0 Å². The van der Waals surface area contributed by atoms with E-state index in [1.54, 1.807) is 25.3 Å². The van der Waals surface area contributed by atoms with Gasteiger partial charge in [-0.2, -0.15) is 0 Å². The molecule has 0 aromatic heterocycles. The number of rotatable bonds is 7. The first kappa shape index (κ1) is 16.0. The van der Waals surface area contributed by atoms with Crippen LogP contribution < -0.4 is 14.2 Å². The second-order valence-corrected chi connectivity index (χ2v) is 4.74. The summed E-state index contributed by atoms with van der Waals surface area (Å²) < 4.78 is 16.2. The van der Waals surface area contributed by atoms with Crippen LogP contribution in [0.5, 0.6) is 17.2 Å². The molecule has 0 fully saturated rings. The van der Waals surface area contributed by atoms with Crippen molar-refractivity contribution < 1.29 is 19.4 Å². The number of hydrogen-bond donors (Lipinski definition) is 1. The van der Waals surface area contributed by atoms with E-state index in [4.69, 9.17) is 31.0 Å². The van der Waals surface area contributed by atoms with E-state index < -0.39 is 0 Å². The van der Waals surface area contributed by atoms with E-state index in [2.05, 4.69) is 5.16 Å². The van der Waals surface area contributed by atoms with Crippen molar-refractivity contribution in [3.63, 3.8) is 0 Å².